The van der Waals surface area contributed by atoms with Gasteiger partial charge < -0.3 is 31.1 Å². The van der Waals surface area contributed by atoms with Gasteiger partial charge in [0.15, 0.2) is 17.2 Å². The third-order valence-corrected chi connectivity index (χ3v) is 3.49. The molecule has 1 unspecified atom stereocenters. The first kappa shape index (κ1) is 15.1. The number of nitrogen functional groups attached to an aromatic ring is 1. The molecule has 0 aromatic carbocycles. The van der Waals surface area contributed by atoms with Crippen LogP contribution in [0.5, 0.6) is 0 Å². The largest absolute Gasteiger partial charge is 0.388 e. The summed E-state index contributed by atoms with van der Waals surface area (Å²) in [6, 6.07) is 0. The van der Waals surface area contributed by atoms with Crippen molar-refractivity contribution < 1.29 is 20.1 Å². The number of aliphatic hydroxyl groups is 3. The van der Waals surface area contributed by atoms with Crippen molar-refractivity contribution in [3.05, 3.63) is 10.4 Å². The summed E-state index contributed by atoms with van der Waals surface area (Å²) in [6.45, 7) is -0.177. The second-order valence-corrected chi connectivity index (χ2v) is 5.08. The molecule has 1 saturated heterocycles. The molecule has 1 fully saturated rings. The van der Waals surface area contributed by atoms with Crippen molar-refractivity contribution in [3.63, 3.8) is 0 Å². The van der Waals surface area contributed by atoms with Gasteiger partial charge in [-0.15, -0.1) is 0 Å². The molecule has 1 aromatic heterocycles. The van der Waals surface area contributed by atoms with Crippen molar-refractivity contribution in [2.75, 3.05) is 23.9 Å². The van der Waals surface area contributed by atoms with Crippen LogP contribution in [0.1, 0.15) is 0 Å². The zero-order valence-corrected chi connectivity index (χ0v) is 11.4. The maximum atomic E-state index is 11.8. The van der Waals surface area contributed by atoms with Gasteiger partial charge in [0.05, 0.1) is 6.61 Å². The van der Waals surface area contributed by atoms with Crippen LogP contribution >= 0.6 is 11.8 Å². The molecule has 0 spiro atoms. The number of nitrogens with two attached hydrogens (primary N) is 1. The number of aliphatic hydroxyl groups excluding tert-OH is 3. The number of anilines is 2. The Morgan fingerprint density at radius 3 is 2.75 bits per heavy atom. The number of aromatic amines is 1. The number of thioether (sulfide) groups is 1. The zero-order valence-electron chi connectivity index (χ0n) is 10.6. The Morgan fingerprint density at radius 2 is 2.15 bits per heavy atom. The number of hydrogen-bond acceptors (Lipinski definition) is 9. The van der Waals surface area contributed by atoms with Gasteiger partial charge in [-0.2, -0.15) is 0 Å². The number of hydrogen-bond donors (Lipinski definition) is 6. The third kappa shape index (κ3) is 2.88. The fourth-order valence-corrected chi connectivity index (χ4v) is 2.17. The monoisotopic (exact) mass is 304 g/mol. The second kappa shape index (κ2) is 5.97. The van der Waals surface area contributed by atoms with Gasteiger partial charge in [0.1, 0.15) is 24.0 Å². The molecule has 4 atom stereocenters. The van der Waals surface area contributed by atoms with E-state index < -0.39 is 30.1 Å². The van der Waals surface area contributed by atoms with E-state index in [1.165, 1.54) is 11.8 Å². The zero-order chi connectivity index (χ0) is 14.9. The third-order valence-electron chi connectivity index (χ3n) is 2.91. The standard InChI is InChI=1S/C10H16N4O5S/c1-20-10-13-7(11)4(8(18)14-10)12-9-6(17)5(16)3(15)2-19-9/h3,5-6,9,12,15-17H,2H2,1H3,(H3,11,13,14,18)/t3-,5-,6+,9?/m0/s1. The van der Waals surface area contributed by atoms with Crippen LogP contribution in [0, 0.1) is 0 Å². The summed E-state index contributed by atoms with van der Waals surface area (Å²) in [5, 5.41) is 31.6. The van der Waals surface area contributed by atoms with Gasteiger partial charge in [-0.3, -0.25) is 9.78 Å². The van der Waals surface area contributed by atoms with Gasteiger partial charge in [0, 0.05) is 0 Å². The van der Waals surface area contributed by atoms with Crippen molar-refractivity contribution in [1.82, 2.24) is 9.97 Å². The van der Waals surface area contributed by atoms with Crippen LogP contribution < -0.4 is 16.6 Å². The number of ether oxygens (including phenoxy) is 1. The van der Waals surface area contributed by atoms with Crippen molar-refractivity contribution in [2.45, 2.75) is 29.7 Å². The van der Waals surface area contributed by atoms with Crippen molar-refractivity contribution in [2.24, 2.45) is 0 Å². The molecule has 0 radical (unpaired) electrons. The minimum Gasteiger partial charge on any atom is -0.388 e. The SMILES string of the molecule is CSc1nc(N)c(NC2OC[C@H](O)[C@H](O)[C@H]2O)c(=O)[nH]1. The van der Waals surface area contributed by atoms with E-state index in [2.05, 4.69) is 15.3 Å². The summed E-state index contributed by atoms with van der Waals surface area (Å²) in [7, 11) is 0. The van der Waals surface area contributed by atoms with Gasteiger partial charge in [0.25, 0.3) is 5.56 Å². The van der Waals surface area contributed by atoms with Crippen LogP contribution in [0.2, 0.25) is 0 Å². The van der Waals surface area contributed by atoms with E-state index in [0.717, 1.165) is 0 Å². The average molecular weight is 304 g/mol. The fraction of sp³-hybridized carbons (Fsp3) is 0.600. The summed E-state index contributed by atoms with van der Waals surface area (Å²) in [5.41, 5.74) is 5.09. The molecule has 2 heterocycles. The van der Waals surface area contributed by atoms with Gasteiger partial charge in [-0.05, 0) is 6.26 Å². The summed E-state index contributed by atoms with van der Waals surface area (Å²) in [5.74, 6) is -0.0467. The molecule has 2 rings (SSSR count). The predicted molar refractivity (Wildman–Crippen MR) is 72.4 cm³/mol. The van der Waals surface area contributed by atoms with Gasteiger partial charge in [-0.25, -0.2) is 4.98 Å². The molecule has 1 aliphatic rings. The van der Waals surface area contributed by atoms with E-state index in [4.69, 9.17) is 10.5 Å². The highest BCUT2D eigenvalue weighted by atomic mass is 32.2. The first-order valence-electron chi connectivity index (χ1n) is 5.80. The minimum atomic E-state index is -1.40. The maximum Gasteiger partial charge on any atom is 0.277 e. The lowest BCUT2D eigenvalue weighted by atomic mass is 10.0. The van der Waals surface area contributed by atoms with E-state index in [1.54, 1.807) is 6.26 Å². The number of nitrogens with zero attached hydrogens (tertiary/aromatic N) is 1. The lowest BCUT2D eigenvalue weighted by Gasteiger charge is -2.35. The summed E-state index contributed by atoms with van der Waals surface area (Å²) >= 11 is 1.22. The quantitative estimate of drug-likeness (QED) is 0.273. The Hall–Kier alpha value is -1.33. The van der Waals surface area contributed by atoms with Crippen molar-refractivity contribution in [1.29, 1.82) is 0 Å². The van der Waals surface area contributed by atoms with Crippen LogP contribution in [0.25, 0.3) is 0 Å². The smallest absolute Gasteiger partial charge is 0.277 e. The van der Waals surface area contributed by atoms with E-state index in [1.807, 2.05) is 0 Å². The molecule has 1 aromatic rings. The molecular weight excluding hydrogens is 288 g/mol. The second-order valence-electron chi connectivity index (χ2n) is 4.28. The molecular formula is C10H16N4O5S. The van der Waals surface area contributed by atoms with Crippen LogP contribution in [-0.4, -0.2) is 62.7 Å². The Morgan fingerprint density at radius 1 is 1.45 bits per heavy atom. The van der Waals surface area contributed by atoms with E-state index in [9.17, 15) is 20.1 Å². The first-order valence-corrected chi connectivity index (χ1v) is 7.02. The molecule has 7 N–H and O–H groups in total. The van der Waals surface area contributed by atoms with Crippen molar-refractivity contribution >= 4 is 23.3 Å². The molecule has 1 aliphatic heterocycles. The van der Waals surface area contributed by atoms with Crippen LogP contribution in [0.4, 0.5) is 11.5 Å². The molecule has 0 bridgehead atoms. The molecule has 9 nitrogen and oxygen atoms in total. The number of rotatable bonds is 3. The lowest BCUT2D eigenvalue weighted by Crippen LogP contribution is -2.55. The maximum absolute atomic E-state index is 11.8. The van der Waals surface area contributed by atoms with Crippen molar-refractivity contribution in [3.8, 4) is 0 Å². The van der Waals surface area contributed by atoms with E-state index in [-0.39, 0.29) is 18.1 Å². The Labute approximate surface area is 118 Å². The van der Waals surface area contributed by atoms with Crippen LogP contribution in [0.3, 0.4) is 0 Å². The molecule has 0 amide bonds. The highest BCUT2D eigenvalue weighted by Crippen LogP contribution is 2.20. The Balaban J connectivity index is 2.20. The molecule has 20 heavy (non-hydrogen) atoms. The van der Waals surface area contributed by atoms with E-state index >= 15 is 0 Å². The summed E-state index contributed by atoms with van der Waals surface area (Å²) in [4.78, 5) is 18.3. The van der Waals surface area contributed by atoms with E-state index in [0.29, 0.717) is 5.16 Å². The molecule has 112 valence electrons. The number of aromatic nitrogens is 2. The van der Waals surface area contributed by atoms with Gasteiger partial charge in [-0.1, -0.05) is 11.8 Å². The topological polar surface area (TPSA) is 154 Å². The van der Waals surface area contributed by atoms with Crippen LogP contribution in [0.15, 0.2) is 9.95 Å². The first-order chi connectivity index (χ1) is 9.43. The van der Waals surface area contributed by atoms with Crippen LogP contribution in [-0.2, 0) is 4.74 Å². The average Bonchev–Trinajstić information content (AvgIpc) is 2.42. The molecule has 0 aliphatic carbocycles. The normalized spacial score (nSPS) is 30.2. The summed E-state index contributed by atoms with van der Waals surface area (Å²) in [6.07, 6.45) is -3.30. The fourth-order valence-electron chi connectivity index (χ4n) is 1.78. The Bertz CT molecular complexity index is 539. The molecule has 10 heteroatoms. The lowest BCUT2D eigenvalue weighted by molar-refractivity contribution is -0.178. The van der Waals surface area contributed by atoms with Gasteiger partial charge >= 0.3 is 0 Å². The number of H-pyrrole nitrogens is 1. The highest BCUT2D eigenvalue weighted by molar-refractivity contribution is 7.98. The molecule has 0 saturated carbocycles. The van der Waals surface area contributed by atoms with Gasteiger partial charge in [0.2, 0.25) is 0 Å². The summed E-state index contributed by atoms with van der Waals surface area (Å²) < 4.78 is 5.13. The number of nitrogens with one attached hydrogen (secondary N) is 2. The minimum absolute atomic E-state index is 0.0467. The highest BCUT2D eigenvalue weighted by Gasteiger charge is 2.38. The predicted octanol–water partition coefficient (Wildman–Crippen LogP) is -2.08. The Kier molecular flexibility index (Phi) is 4.50.